The zero-order valence-corrected chi connectivity index (χ0v) is 14.8. The molecule has 25 heavy (non-hydrogen) atoms. The molecular formula is C19H26N4O2. The average molecular weight is 342 g/mol. The number of rotatable bonds is 5. The molecule has 1 unspecified atom stereocenters. The molecule has 0 N–H and O–H groups in total. The van der Waals surface area contributed by atoms with Crippen molar-refractivity contribution in [3.8, 4) is 0 Å². The third kappa shape index (κ3) is 3.41. The Kier molecular flexibility index (Phi) is 4.72. The molecule has 2 aliphatic heterocycles. The molecule has 0 bridgehead atoms. The van der Waals surface area contributed by atoms with Gasteiger partial charge in [0.25, 0.3) is 0 Å². The van der Waals surface area contributed by atoms with Gasteiger partial charge in [0.05, 0.1) is 19.4 Å². The number of likely N-dealkylation sites (tertiary alicyclic amines) is 1. The number of ether oxygens (including phenoxy) is 1. The smallest absolute Gasteiger partial charge is 0.225 e. The fraction of sp³-hybridized carbons (Fsp3) is 0.579. The van der Waals surface area contributed by atoms with Gasteiger partial charge >= 0.3 is 0 Å². The molecule has 1 atom stereocenters. The van der Waals surface area contributed by atoms with Gasteiger partial charge in [-0.2, -0.15) is 0 Å². The summed E-state index contributed by atoms with van der Waals surface area (Å²) in [6.45, 7) is 5.94. The van der Waals surface area contributed by atoms with E-state index in [0.717, 1.165) is 63.9 Å². The number of hydrogen-bond donors (Lipinski definition) is 0. The Morgan fingerprint density at radius 2 is 2.04 bits per heavy atom. The lowest BCUT2D eigenvalue weighted by Crippen LogP contribution is -2.45. The summed E-state index contributed by atoms with van der Waals surface area (Å²) in [5.41, 5.74) is 0.327. The van der Waals surface area contributed by atoms with Crippen LogP contribution in [-0.4, -0.2) is 54.8 Å². The maximum Gasteiger partial charge on any atom is 0.225 e. The monoisotopic (exact) mass is 342 g/mol. The minimum atomic E-state index is 0.327. The van der Waals surface area contributed by atoms with E-state index in [-0.39, 0.29) is 0 Å². The number of anilines is 1. The van der Waals surface area contributed by atoms with Gasteiger partial charge in [0.2, 0.25) is 5.95 Å². The molecule has 0 saturated carbocycles. The summed E-state index contributed by atoms with van der Waals surface area (Å²) in [6, 6.07) is 5.89. The number of aromatic nitrogens is 2. The first-order valence-electron chi connectivity index (χ1n) is 9.05. The Balaban J connectivity index is 1.44. The van der Waals surface area contributed by atoms with E-state index < -0.39 is 0 Å². The molecule has 6 nitrogen and oxygen atoms in total. The highest BCUT2D eigenvalue weighted by Gasteiger charge is 2.48. The lowest BCUT2D eigenvalue weighted by molar-refractivity contribution is 0.0760. The average Bonchev–Trinajstić information content (AvgIpc) is 3.26. The highest BCUT2D eigenvalue weighted by molar-refractivity contribution is 5.29. The van der Waals surface area contributed by atoms with E-state index in [1.807, 2.05) is 31.6 Å². The second-order valence-corrected chi connectivity index (χ2v) is 7.30. The van der Waals surface area contributed by atoms with Crippen LogP contribution in [0.4, 0.5) is 5.95 Å². The fourth-order valence-corrected chi connectivity index (χ4v) is 4.49. The molecule has 1 spiro atoms. The van der Waals surface area contributed by atoms with E-state index in [2.05, 4.69) is 25.8 Å². The SMILES string of the molecule is COCC1CN(Cc2ccco2)CC12CCN(c1ncccn1)CC2. The van der Waals surface area contributed by atoms with Gasteiger partial charge in [0.15, 0.2) is 0 Å². The van der Waals surface area contributed by atoms with Crippen molar-refractivity contribution in [2.45, 2.75) is 19.4 Å². The molecule has 4 rings (SSSR count). The normalized spacial score (nSPS) is 23.4. The zero-order valence-electron chi connectivity index (χ0n) is 14.8. The molecule has 2 aromatic heterocycles. The Morgan fingerprint density at radius 1 is 1.24 bits per heavy atom. The second kappa shape index (κ2) is 7.14. The van der Waals surface area contributed by atoms with Gasteiger partial charge in [0, 0.05) is 51.6 Å². The number of nitrogens with zero attached hydrogens (tertiary/aromatic N) is 4. The van der Waals surface area contributed by atoms with Gasteiger partial charge in [0.1, 0.15) is 5.76 Å². The molecule has 0 aromatic carbocycles. The summed E-state index contributed by atoms with van der Waals surface area (Å²) >= 11 is 0. The summed E-state index contributed by atoms with van der Waals surface area (Å²) in [5, 5.41) is 0. The van der Waals surface area contributed by atoms with E-state index in [9.17, 15) is 0 Å². The lowest BCUT2D eigenvalue weighted by atomic mass is 9.71. The first-order valence-corrected chi connectivity index (χ1v) is 9.05. The van der Waals surface area contributed by atoms with Gasteiger partial charge in [-0.05, 0) is 36.5 Å². The quantitative estimate of drug-likeness (QED) is 0.832. The third-order valence-electron chi connectivity index (χ3n) is 5.80. The van der Waals surface area contributed by atoms with Gasteiger partial charge in [-0.25, -0.2) is 9.97 Å². The van der Waals surface area contributed by atoms with Gasteiger partial charge in [-0.3, -0.25) is 4.90 Å². The molecule has 0 aliphatic carbocycles. The minimum Gasteiger partial charge on any atom is -0.468 e. The third-order valence-corrected chi connectivity index (χ3v) is 5.80. The maximum atomic E-state index is 5.56. The van der Waals surface area contributed by atoms with Crippen LogP contribution < -0.4 is 4.90 Å². The fourth-order valence-electron chi connectivity index (χ4n) is 4.49. The van der Waals surface area contributed by atoms with Crippen molar-refractivity contribution in [1.29, 1.82) is 0 Å². The molecular weight excluding hydrogens is 316 g/mol. The van der Waals surface area contributed by atoms with Gasteiger partial charge in [-0.15, -0.1) is 0 Å². The van der Waals surface area contributed by atoms with Gasteiger partial charge < -0.3 is 14.1 Å². The second-order valence-electron chi connectivity index (χ2n) is 7.30. The first kappa shape index (κ1) is 16.5. The molecule has 134 valence electrons. The molecule has 2 aliphatic rings. The van der Waals surface area contributed by atoms with Crippen LogP contribution in [0, 0.1) is 11.3 Å². The van der Waals surface area contributed by atoms with Crippen LogP contribution in [0.5, 0.6) is 0 Å². The molecule has 6 heteroatoms. The minimum absolute atomic E-state index is 0.327. The Hall–Kier alpha value is -1.92. The Bertz CT molecular complexity index is 653. The van der Waals surface area contributed by atoms with E-state index in [1.54, 1.807) is 6.26 Å². The Morgan fingerprint density at radius 3 is 2.72 bits per heavy atom. The van der Waals surface area contributed by atoms with E-state index in [0.29, 0.717) is 11.3 Å². The predicted molar refractivity (Wildman–Crippen MR) is 95.3 cm³/mol. The predicted octanol–water partition coefficient (Wildman–Crippen LogP) is 2.43. The van der Waals surface area contributed by atoms with Crippen molar-refractivity contribution in [3.05, 3.63) is 42.6 Å². The van der Waals surface area contributed by atoms with Crippen LogP contribution >= 0.6 is 0 Å². The molecule has 0 radical (unpaired) electrons. The van der Waals surface area contributed by atoms with Crippen LogP contribution in [-0.2, 0) is 11.3 Å². The lowest BCUT2D eigenvalue weighted by Gasteiger charge is -2.42. The van der Waals surface area contributed by atoms with Crippen molar-refractivity contribution < 1.29 is 9.15 Å². The van der Waals surface area contributed by atoms with Crippen molar-refractivity contribution in [2.75, 3.05) is 44.8 Å². The van der Waals surface area contributed by atoms with Crippen molar-refractivity contribution in [3.63, 3.8) is 0 Å². The van der Waals surface area contributed by atoms with Crippen molar-refractivity contribution >= 4 is 5.95 Å². The standard InChI is InChI=1S/C19H26N4O2/c1-24-14-16-12-22(13-17-4-2-11-25-17)15-19(16)5-9-23(10-6-19)18-20-7-3-8-21-18/h2-4,7-8,11,16H,5-6,9-10,12-15H2,1H3. The van der Waals surface area contributed by atoms with Crippen LogP contribution in [0.25, 0.3) is 0 Å². The topological polar surface area (TPSA) is 54.6 Å². The first-order chi connectivity index (χ1) is 12.3. The van der Waals surface area contributed by atoms with E-state index in [4.69, 9.17) is 9.15 Å². The maximum absolute atomic E-state index is 5.56. The van der Waals surface area contributed by atoms with E-state index in [1.165, 1.54) is 0 Å². The largest absolute Gasteiger partial charge is 0.468 e. The zero-order chi connectivity index (χ0) is 17.1. The Labute approximate surface area is 148 Å². The number of furan rings is 1. The summed E-state index contributed by atoms with van der Waals surface area (Å²) in [6.07, 6.45) is 7.72. The van der Waals surface area contributed by atoms with Crippen LogP contribution in [0.15, 0.2) is 41.3 Å². The molecule has 2 saturated heterocycles. The van der Waals surface area contributed by atoms with Crippen LogP contribution in [0.2, 0.25) is 0 Å². The summed E-state index contributed by atoms with van der Waals surface area (Å²) < 4.78 is 11.1. The number of methoxy groups -OCH3 is 1. The van der Waals surface area contributed by atoms with E-state index >= 15 is 0 Å². The molecule has 0 amide bonds. The van der Waals surface area contributed by atoms with Gasteiger partial charge in [-0.1, -0.05) is 0 Å². The van der Waals surface area contributed by atoms with Crippen LogP contribution in [0.1, 0.15) is 18.6 Å². The number of hydrogen-bond acceptors (Lipinski definition) is 6. The van der Waals surface area contributed by atoms with Crippen LogP contribution in [0.3, 0.4) is 0 Å². The molecule has 2 aromatic rings. The number of piperidine rings is 1. The summed E-state index contributed by atoms with van der Waals surface area (Å²) in [4.78, 5) is 13.6. The highest BCUT2D eigenvalue weighted by atomic mass is 16.5. The molecule has 4 heterocycles. The summed E-state index contributed by atoms with van der Waals surface area (Å²) in [7, 11) is 1.82. The van der Waals surface area contributed by atoms with Crippen molar-refractivity contribution in [1.82, 2.24) is 14.9 Å². The summed E-state index contributed by atoms with van der Waals surface area (Å²) in [5.74, 6) is 2.47. The van der Waals surface area contributed by atoms with Crippen molar-refractivity contribution in [2.24, 2.45) is 11.3 Å². The molecule has 2 fully saturated rings. The highest BCUT2D eigenvalue weighted by Crippen LogP contribution is 2.45.